The summed E-state index contributed by atoms with van der Waals surface area (Å²) in [6, 6.07) is 11.2. The molecule has 0 bridgehead atoms. The molecule has 8 heteroatoms. The molecule has 0 saturated carbocycles. The van der Waals surface area contributed by atoms with Crippen LogP contribution in [-0.4, -0.2) is 28.0 Å². The largest absolute Gasteiger partial charge is 0.462 e. The smallest absolute Gasteiger partial charge is 0.338 e. The molecule has 1 amide bonds. The predicted octanol–water partition coefficient (Wildman–Crippen LogP) is 3.26. The third-order valence-corrected chi connectivity index (χ3v) is 4.18. The summed E-state index contributed by atoms with van der Waals surface area (Å²) in [5, 5.41) is 3.45. The maximum Gasteiger partial charge on any atom is 0.338 e. The van der Waals surface area contributed by atoms with Crippen molar-refractivity contribution < 1.29 is 14.3 Å². The van der Waals surface area contributed by atoms with Gasteiger partial charge in [0.1, 0.15) is 6.54 Å². The minimum Gasteiger partial charge on any atom is -0.462 e. The second-order valence-electron chi connectivity index (χ2n) is 6.10. The number of nitrogens with one attached hydrogen (secondary N) is 1. The molecule has 0 unspecified atom stereocenters. The highest BCUT2D eigenvalue weighted by molar-refractivity contribution is 6.31. The van der Waals surface area contributed by atoms with Gasteiger partial charge in [0.15, 0.2) is 0 Å². The maximum atomic E-state index is 12.5. The fourth-order valence-electron chi connectivity index (χ4n) is 2.57. The SMILES string of the molecule is CCCOC(=O)c1ccc(NC(=O)Cn2cnc3ccc(Cl)cc3c2=O)cc1. The molecule has 1 heterocycles. The lowest BCUT2D eigenvalue weighted by molar-refractivity contribution is -0.116. The van der Waals surface area contributed by atoms with E-state index in [9.17, 15) is 14.4 Å². The zero-order valence-electron chi connectivity index (χ0n) is 15.1. The fraction of sp³-hybridized carbons (Fsp3) is 0.200. The van der Waals surface area contributed by atoms with Crippen LogP contribution >= 0.6 is 11.6 Å². The number of nitrogens with zero attached hydrogens (tertiary/aromatic N) is 2. The Hall–Kier alpha value is -3.19. The molecule has 0 saturated heterocycles. The molecule has 0 atom stereocenters. The summed E-state index contributed by atoms with van der Waals surface area (Å²) in [5.41, 5.74) is 1.06. The van der Waals surface area contributed by atoms with Crippen LogP contribution < -0.4 is 10.9 Å². The van der Waals surface area contributed by atoms with Crippen LogP contribution in [0.3, 0.4) is 0 Å². The topological polar surface area (TPSA) is 90.3 Å². The molecule has 1 N–H and O–H groups in total. The van der Waals surface area contributed by atoms with Gasteiger partial charge in [0.25, 0.3) is 5.56 Å². The van der Waals surface area contributed by atoms with Crippen molar-refractivity contribution >= 4 is 40.1 Å². The Morgan fingerprint density at radius 2 is 1.93 bits per heavy atom. The number of anilines is 1. The van der Waals surface area contributed by atoms with Gasteiger partial charge >= 0.3 is 5.97 Å². The van der Waals surface area contributed by atoms with E-state index >= 15 is 0 Å². The van der Waals surface area contributed by atoms with Crippen LogP contribution in [0.2, 0.25) is 5.02 Å². The van der Waals surface area contributed by atoms with Gasteiger partial charge in [-0.05, 0) is 48.9 Å². The van der Waals surface area contributed by atoms with Crippen molar-refractivity contribution in [2.45, 2.75) is 19.9 Å². The molecule has 3 rings (SSSR count). The van der Waals surface area contributed by atoms with Gasteiger partial charge in [0.05, 0.1) is 29.4 Å². The summed E-state index contributed by atoms with van der Waals surface area (Å²) in [5.74, 6) is -0.807. The van der Waals surface area contributed by atoms with Gasteiger partial charge in [0.2, 0.25) is 5.91 Å². The summed E-state index contributed by atoms with van der Waals surface area (Å²) >= 11 is 5.93. The van der Waals surface area contributed by atoms with Crippen LogP contribution in [0.1, 0.15) is 23.7 Å². The molecule has 7 nitrogen and oxygen atoms in total. The predicted molar refractivity (Wildman–Crippen MR) is 107 cm³/mol. The highest BCUT2D eigenvalue weighted by atomic mass is 35.5. The molecule has 3 aromatic rings. The minimum absolute atomic E-state index is 0.200. The van der Waals surface area contributed by atoms with E-state index in [0.717, 1.165) is 6.42 Å². The summed E-state index contributed by atoms with van der Waals surface area (Å²) in [4.78, 5) is 40.7. The monoisotopic (exact) mass is 399 g/mol. The van der Waals surface area contributed by atoms with E-state index in [4.69, 9.17) is 16.3 Å². The Kier molecular flexibility index (Phi) is 6.06. The highest BCUT2D eigenvalue weighted by Crippen LogP contribution is 2.14. The Bertz CT molecular complexity index is 1080. The second kappa shape index (κ2) is 8.67. The normalized spacial score (nSPS) is 10.6. The number of amides is 1. The van der Waals surface area contributed by atoms with Crippen molar-refractivity contribution in [3.8, 4) is 0 Å². The van der Waals surface area contributed by atoms with E-state index in [0.29, 0.717) is 33.8 Å². The average molecular weight is 400 g/mol. The summed E-state index contributed by atoms with van der Waals surface area (Å²) < 4.78 is 6.27. The van der Waals surface area contributed by atoms with E-state index in [2.05, 4.69) is 10.3 Å². The quantitative estimate of drug-likeness (QED) is 0.642. The summed E-state index contributed by atoms with van der Waals surface area (Å²) in [7, 11) is 0. The molecule has 144 valence electrons. The molecular weight excluding hydrogens is 382 g/mol. The molecule has 0 fully saturated rings. The molecule has 0 radical (unpaired) electrons. The van der Waals surface area contributed by atoms with Crippen LogP contribution in [0.4, 0.5) is 5.69 Å². The number of hydrogen-bond acceptors (Lipinski definition) is 5. The molecule has 0 aliphatic rings. The zero-order valence-corrected chi connectivity index (χ0v) is 15.9. The summed E-state index contributed by atoms with van der Waals surface area (Å²) in [6.07, 6.45) is 2.07. The lowest BCUT2D eigenvalue weighted by Crippen LogP contribution is -2.27. The van der Waals surface area contributed by atoms with Gasteiger partial charge in [-0.3, -0.25) is 14.2 Å². The van der Waals surface area contributed by atoms with E-state index in [1.165, 1.54) is 17.0 Å². The Labute approximate surface area is 165 Å². The highest BCUT2D eigenvalue weighted by Gasteiger charge is 2.10. The molecule has 0 spiro atoms. The number of carbonyl (C=O) groups is 2. The first-order chi connectivity index (χ1) is 13.5. The molecule has 28 heavy (non-hydrogen) atoms. The van der Waals surface area contributed by atoms with E-state index in [-0.39, 0.29) is 12.1 Å². The van der Waals surface area contributed by atoms with E-state index in [1.54, 1.807) is 36.4 Å². The van der Waals surface area contributed by atoms with Crippen molar-refractivity contribution in [2.75, 3.05) is 11.9 Å². The third-order valence-electron chi connectivity index (χ3n) is 3.94. The van der Waals surface area contributed by atoms with Gasteiger partial charge in [-0.2, -0.15) is 0 Å². The number of rotatable bonds is 6. The number of hydrogen-bond donors (Lipinski definition) is 1. The van der Waals surface area contributed by atoms with E-state index in [1.807, 2.05) is 6.92 Å². The number of ether oxygens (including phenoxy) is 1. The van der Waals surface area contributed by atoms with Crippen molar-refractivity contribution in [1.29, 1.82) is 0 Å². The van der Waals surface area contributed by atoms with Crippen molar-refractivity contribution in [1.82, 2.24) is 9.55 Å². The fourth-order valence-corrected chi connectivity index (χ4v) is 2.74. The number of carbonyl (C=O) groups excluding carboxylic acids is 2. The lowest BCUT2D eigenvalue weighted by Gasteiger charge is -2.09. The first-order valence-corrected chi connectivity index (χ1v) is 9.07. The minimum atomic E-state index is -0.410. The Morgan fingerprint density at radius 1 is 1.18 bits per heavy atom. The van der Waals surface area contributed by atoms with Crippen LogP contribution in [0, 0.1) is 0 Å². The Morgan fingerprint density at radius 3 is 2.64 bits per heavy atom. The number of esters is 1. The van der Waals surface area contributed by atoms with Gasteiger partial charge in [-0.15, -0.1) is 0 Å². The van der Waals surface area contributed by atoms with Crippen molar-refractivity contribution in [3.63, 3.8) is 0 Å². The van der Waals surface area contributed by atoms with Crippen LogP contribution in [0.25, 0.3) is 10.9 Å². The molecule has 0 aliphatic carbocycles. The van der Waals surface area contributed by atoms with E-state index < -0.39 is 11.9 Å². The van der Waals surface area contributed by atoms with Gasteiger partial charge in [-0.25, -0.2) is 9.78 Å². The van der Waals surface area contributed by atoms with Crippen molar-refractivity contribution in [3.05, 3.63) is 69.7 Å². The molecule has 0 aliphatic heterocycles. The first kappa shape index (κ1) is 19.6. The van der Waals surface area contributed by atoms with Crippen molar-refractivity contribution in [2.24, 2.45) is 0 Å². The first-order valence-electron chi connectivity index (χ1n) is 8.69. The standard InChI is InChI=1S/C20H18ClN3O4/c1-2-9-28-20(27)13-3-6-15(7-4-13)23-18(25)11-24-12-22-17-8-5-14(21)10-16(17)19(24)26/h3-8,10,12H,2,9,11H2,1H3,(H,23,25). The zero-order chi connectivity index (χ0) is 20.1. The Balaban J connectivity index is 1.69. The van der Waals surface area contributed by atoms with Crippen LogP contribution in [0.5, 0.6) is 0 Å². The molecule has 2 aromatic carbocycles. The number of fused-ring (bicyclic) bond motifs is 1. The van der Waals surface area contributed by atoms with Gasteiger partial charge in [0, 0.05) is 10.7 Å². The summed E-state index contributed by atoms with van der Waals surface area (Å²) in [6.45, 7) is 2.07. The molecule has 1 aromatic heterocycles. The number of halogens is 1. The van der Waals surface area contributed by atoms with Crippen LogP contribution in [-0.2, 0) is 16.1 Å². The maximum absolute atomic E-state index is 12.5. The van der Waals surface area contributed by atoms with Crippen LogP contribution in [0.15, 0.2) is 53.6 Å². The second-order valence-corrected chi connectivity index (χ2v) is 6.54. The van der Waals surface area contributed by atoms with Gasteiger partial charge in [-0.1, -0.05) is 18.5 Å². The number of aromatic nitrogens is 2. The lowest BCUT2D eigenvalue weighted by atomic mass is 10.2. The molecular formula is C20H18ClN3O4. The third kappa shape index (κ3) is 4.55. The van der Waals surface area contributed by atoms with Gasteiger partial charge < -0.3 is 10.1 Å². The average Bonchev–Trinajstić information content (AvgIpc) is 2.69. The number of benzene rings is 2.